The molecule has 0 spiro atoms. The van der Waals surface area contributed by atoms with Crippen molar-refractivity contribution in [3.63, 3.8) is 0 Å². The Morgan fingerprint density at radius 3 is 2.73 bits per heavy atom. The summed E-state index contributed by atoms with van der Waals surface area (Å²) in [6.07, 6.45) is 2.87. The zero-order valence-corrected chi connectivity index (χ0v) is 7.12. The van der Waals surface area contributed by atoms with Crippen molar-refractivity contribution < 1.29 is 10.2 Å². The first kappa shape index (κ1) is 8.75. The Bertz CT molecular complexity index is 163. The van der Waals surface area contributed by atoms with E-state index in [9.17, 15) is 10.2 Å². The summed E-state index contributed by atoms with van der Waals surface area (Å²) >= 11 is 0. The van der Waals surface area contributed by atoms with Crippen molar-refractivity contribution in [3.8, 4) is 0 Å². The lowest BCUT2D eigenvalue weighted by Crippen LogP contribution is -2.28. The molecule has 3 atom stereocenters. The average Bonchev–Trinajstić information content (AvgIpc) is 2.07. The lowest BCUT2D eigenvalue weighted by atomic mass is 9.94. The van der Waals surface area contributed by atoms with E-state index in [1.165, 1.54) is 0 Å². The zero-order valence-electron chi connectivity index (χ0n) is 7.12. The quantitative estimate of drug-likeness (QED) is 0.515. The van der Waals surface area contributed by atoms with E-state index in [-0.39, 0.29) is 12.0 Å². The maximum absolute atomic E-state index is 9.57. The van der Waals surface area contributed by atoms with Crippen LogP contribution in [0.15, 0.2) is 11.6 Å². The van der Waals surface area contributed by atoms with E-state index in [1.807, 2.05) is 19.9 Å². The number of allylic oxidation sites excluding steroid dienone is 1. The highest BCUT2D eigenvalue weighted by Crippen LogP contribution is 2.23. The Morgan fingerprint density at radius 2 is 2.09 bits per heavy atom. The minimum atomic E-state index is -0.451. The van der Waals surface area contributed by atoms with E-state index >= 15 is 0 Å². The number of hydrogen-bond acceptors (Lipinski definition) is 2. The molecule has 1 rings (SSSR count). The number of rotatable bonds is 0. The number of hydrogen-bond donors (Lipinski definition) is 2. The first-order chi connectivity index (χ1) is 5.13. The molecule has 0 saturated carbocycles. The minimum absolute atomic E-state index is 0.0197. The summed E-state index contributed by atoms with van der Waals surface area (Å²) in [5.41, 5.74) is 0.994. The third kappa shape index (κ3) is 1.82. The van der Waals surface area contributed by atoms with Crippen LogP contribution < -0.4 is 0 Å². The average molecular weight is 156 g/mol. The van der Waals surface area contributed by atoms with E-state index in [2.05, 4.69) is 0 Å². The normalized spacial score (nSPS) is 39.6. The van der Waals surface area contributed by atoms with Crippen LogP contribution in [0.2, 0.25) is 0 Å². The molecular formula is C9H16O2. The molecular weight excluding hydrogens is 140 g/mol. The van der Waals surface area contributed by atoms with Gasteiger partial charge in [-0.25, -0.2) is 0 Å². The Balaban J connectivity index is 2.70. The SMILES string of the molecule is CC1=CCC[C@@H](O)[C@H](C)[C@@H]1O. The fraction of sp³-hybridized carbons (Fsp3) is 0.778. The summed E-state index contributed by atoms with van der Waals surface area (Å²) in [4.78, 5) is 0. The summed E-state index contributed by atoms with van der Waals surface area (Å²) in [6, 6.07) is 0. The summed E-state index contributed by atoms with van der Waals surface area (Å²) in [5, 5.41) is 19.0. The van der Waals surface area contributed by atoms with Gasteiger partial charge < -0.3 is 10.2 Å². The van der Waals surface area contributed by atoms with Crippen LogP contribution in [0.3, 0.4) is 0 Å². The van der Waals surface area contributed by atoms with Crippen molar-refractivity contribution in [2.75, 3.05) is 0 Å². The molecule has 2 nitrogen and oxygen atoms in total. The van der Waals surface area contributed by atoms with Gasteiger partial charge in [-0.05, 0) is 25.3 Å². The van der Waals surface area contributed by atoms with Crippen molar-refractivity contribution >= 4 is 0 Å². The molecule has 2 heteroatoms. The molecule has 0 fully saturated rings. The third-order valence-corrected chi connectivity index (χ3v) is 2.50. The van der Waals surface area contributed by atoms with Crippen LogP contribution >= 0.6 is 0 Å². The highest BCUT2D eigenvalue weighted by atomic mass is 16.3. The van der Waals surface area contributed by atoms with Gasteiger partial charge in [-0.3, -0.25) is 0 Å². The standard InChI is InChI=1S/C9H16O2/c1-6-4-3-5-8(10)7(2)9(6)11/h4,7-11H,3,5H2,1-2H3/t7-,8+,9+/m0/s1. The van der Waals surface area contributed by atoms with E-state index in [0.717, 1.165) is 18.4 Å². The molecule has 0 radical (unpaired) electrons. The molecule has 0 bridgehead atoms. The van der Waals surface area contributed by atoms with Gasteiger partial charge in [-0.15, -0.1) is 0 Å². The van der Waals surface area contributed by atoms with Gasteiger partial charge in [0.25, 0.3) is 0 Å². The maximum Gasteiger partial charge on any atom is 0.0797 e. The van der Waals surface area contributed by atoms with E-state index in [4.69, 9.17) is 0 Å². The van der Waals surface area contributed by atoms with Crippen molar-refractivity contribution in [3.05, 3.63) is 11.6 Å². The number of aliphatic hydroxyl groups excluding tert-OH is 2. The molecule has 0 aromatic carbocycles. The lowest BCUT2D eigenvalue weighted by Gasteiger charge is -2.21. The second-order valence-electron chi connectivity index (χ2n) is 3.40. The predicted molar refractivity (Wildman–Crippen MR) is 44.2 cm³/mol. The molecule has 2 N–H and O–H groups in total. The van der Waals surface area contributed by atoms with Crippen LogP contribution in [-0.2, 0) is 0 Å². The van der Waals surface area contributed by atoms with Gasteiger partial charge in [0.05, 0.1) is 12.2 Å². The van der Waals surface area contributed by atoms with E-state index in [0.29, 0.717) is 0 Å². The molecule has 11 heavy (non-hydrogen) atoms. The van der Waals surface area contributed by atoms with Crippen molar-refractivity contribution in [1.82, 2.24) is 0 Å². The van der Waals surface area contributed by atoms with Crippen molar-refractivity contribution in [2.45, 2.75) is 38.9 Å². The van der Waals surface area contributed by atoms with Crippen LogP contribution in [0.5, 0.6) is 0 Å². The van der Waals surface area contributed by atoms with E-state index in [1.54, 1.807) is 0 Å². The summed E-state index contributed by atoms with van der Waals surface area (Å²) < 4.78 is 0. The molecule has 1 aliphatic rings. The highest BCUT2D eigenvalue weighted by Gasteiger charge is 2.25. The van der Waals surface area contributed by atoms with E-state index < -0.39 is 6.10 Å². The number of aliphatic hydroxyl groups is 2. The molecule has 1 aliphatic carbocycles. The Morgan fingerprint density at radius 1 is 1.45 bits per heavy atom. The maximum atomic E-state index is 9.57. The smallest absolute Gasteiger partial charge is 0.0797 e. The highest BCUT2D eigenvalue weighted by molar-refractivity contribution is 5.09. The Labute approximate surface area is 67.6 Å². The Kier molecular flexibility index (Phi) is 2.68. The lowest BCUT2D eigenvalue weighted by molar-refractivity contribution is 0.0400. The molecule has 0 amide bonds. The van der Waals surface area contributed by atoms with Crippen LogP contribution in [0, 0.1) is 5.92 Å². The Hall–Kier alpha value is -0.340. The topological polar surface area (TPSA) is 40.5 Å². The third-order valence-electron chi connectivity index (χ3n) is 2.50. The molecule has 0 heterocycles. The van der Waals surface area contributed by atoms with Crippen molar-refractivity contribution in [2.24, 2.45) is 5.92 Å². The van der Waals surface area contributed by atoms with Crippen LogP contribution in [0.1, 0.15) is 26.7 Å². The first-order valence-electron chi connectivity index (χ1n) is 4.15. The van der Waals surface area contributed by atoms with Gasteiger partial charge in [0, 0.05) is 5.92 Å². The molecule has 0 aromatic heterocycles. The van der Waals surface area contributed by atoms with Crippen LogP contribution in [-0.4, -0.2) is 22.4 Å². The second kappa shape index (κ2) is 3.37. The largest absolute Gasteiger partial charge is 0.393 e. The molecule has 64 valence electrons. The molecule has 0 unspecified atom stereocenters. The van der Waals surface area contributed by atoms with Gasteiger partial charge >= 0.3 is 0 Å². The van der Waals surface area contributed by atoms with Gasteiger partial charge in [0.2, 0.25) is 0 Å². The molecule has 0 aromatic rings. The van der Waals surface area contributed by atoms with Crippen LogP contribution in [0.25, 0.3) is 0 Å². The summed E-state index contributed by atoms with van der Waals surface area (Å²) in [7, 11) is 0. The zero-order chi connectivity index (χ0) is 8.43. The van der Waals surface area contributed by atoms with Gasteiger partial charge in [0.15, 0.2) is 0 Å². The first-order valence-corrected chi connectivity index (χ1v) is 4.15. The molecule has 0 saturated heterocycles. The fourth-order valence-electron chi connectivity index (χ4n) is 1.49. The summed E-state index contributed by atoms with van der Waals surface area (Å²) in [5.74, 6) is -0.0197. The van der Waals surface area contributed by atoms with Gasteiger partial charge in [0.1, 0.15) is 0 Å². The molecule has 0 aliphatic heterocycles. The van der Waals surface area contributed by atoms with Gasteiger partial charge in [-0.2, -0.15) is 0 Å². The second-order valence-corrected chi connectivity index (χ2v) is 3.40. The van der Waals surface area contributed by atoms with Gasteiger partial charge in [-0.1, -0.05) is 13.0 Å². The minimum Gasteiger partial charge on any atom is -0.393 e. The fourth-order valence-corrected chi connectivity index (χ4v) is 1.49. The predicted octanol–water partition coefficient (Wildman–Crippen LogP) is 1.08. The van der Waals surface area contributed by atoms with Crippen molar-refractivity contribution in [1.29, 1.82) is 0 Å². The summed E-state index contributed by atoms with van der Waals surface area (Å²) in [6.45, 7) is 3.80. The van der Waals surface area contributed by atoms with Crippen LogP contribution in [0.4, 0.5) is 0 Å². The monoisotopic (exact) mass is 156 g/mol.